The van der Waals surface area contributed by atoms with Gasteiger partial charge in [-0.2, -0.15) is 0 Å². The van der Waals surface area contributed by atoms with Gasteiger partial charge >= 0.3 is 11.9 Å². The Kier molecular flexibility index (Phi) is 10.00. The number of hydrogen-bond acceptors (Lipinski definition) is 6. The highest BCUT2D eigenvalue weighted by Gasteiger charge is 2.15. The first-order chi connectivity index (χ1) is 15.8. The van der Waals surface area contributed by atoms with Crippen molar-refractivity contribution >= 4 is 52.2 Å². The molecule has 0 bridgehead atoms. The van der Waals surface area contributed by atoms with E-state index in [-0.39, 0.29) is 12.4 Å². The average Bonchev–Trinajstić information content (AvgIpc) is 2.80. The maximum atomic E-state index is 12.2. The molecular formula is C24H24Cl2N2O5. The molecule has 0 heterocycles. The molecule has 3 aromatic rings. The molecule has 0 spiro atoms. The fraction of sp³-hybridized carbons (Fsp3) is 0.167. The van der Waals surface area contributed by atoms with Crippen LogP contribution in [0.4, 0.5) is 17.1 Å². The second-order valence-electron chi connectivity index (χ2n) is 6.66. The first-order valence-corrected chi connectivity index (χ1v) is 10.6. The van der Waals surface area contributed by atoms with E-state index in [2.05, 4.69) is 5.32 Å². The van der Waals surface area contributed by atoms with Crippen molar-refractivity contribution in [2.75, 3.05) is 24.5 Å². The number of carboxylic acid groups (broad SMARTS) is 1. The number of carbonyl (C=O) groups is 2. The molecule has 174 valence electrons. The number of ether oxygens (including phenoxy) is 2. The van der Waals surface area contributed by atoms with Crippen molar-refractivity contribution in [1.29, 1.82) is 0 Å². The summed E-state index contributed by atoms with van der Waals surface area (Å²) in [4.78, 5) is 22.5. The summed E-state index contributed by atoms with van der Waals surface area (Å²) in [5.74, 6) is -1.47. The maximum absolute atomic E-state index is 12.2. The van der Waals surface area contributed by atoms with Gasteiger partial charge in [-0.05, 0) is 49.7 Å². The monoisotopic (exact) mass is 490 g/mol. The van der Waals surface area contributed by atoms with Gasteiger partial charge in [0.05, 0.1) is 32.5 Å². The zero-order chi connectivity index (χ0) is 24.4. The molecule has 0 unspecified atom stereocenters. The van der Waals surface area contributed by atoms with Crippen LogP contribution in [0.2, 0.25) is 10.0 Å². The lowest BCUT2D eigenvalue weighted by Gasteiger charge is -2.15. The third kappa shape index (κ3) is 7.39. The summed E-state index contributed by atoms with van der Waals surface area (Å²) in [6.45, 7) is 4.09. The molecule has 0 radical (unpaired) electrons. The van der Waals surface area contributed by atoms with Crippen LogP contribution in [0.3, 0.4) is 0 Å². The topological polar surface area (TPSA) is 111 Å². The van der Waals surface area contributed by atoms with Crippen molar-refractivity contribution in [1.82, 2.24) is 0 Å². The molecule has 0 fully saturated rings. The molecule has 4 N–H and O–H groups in total. The van der Waals surface area contributed by atoms with E-state index in [0.717, 1.165) is 5.56 Å². The van der Waals surface area contributed by atoms with Crippen molar-refractivity contribution in [2.45, 2.75) is 13.8 Å². The summed E-state index contributed by atoms with van der Waals surface area (Å²) >= 11 is 12.5. The van der Waals surface area contributed by atoms with Crippen LogP contribution in [0.15, 0.2) is 60.7 Å². The summed E-state index contributed by atoms with van der Waals surface area (Å²) in [5.41, 5.74) is 8.17. The van der Waals surface area contributed by atoms with Crippen molar-refractivity contribution in [3.8, 4) is 0 Å². The lowest BCUT2D eigenvalue weighted by molar-refractivity contribution is -0.0273. The van der Waals surface area contributed by atoms with E-state index in [0.29, 0.717) is 39.3 Å². The number of carboxylic acids is 1. The molecule has 9 heteroatoms. The smallest absolute Gasteiger partial charge is 0.342 e. The Hall–Kier alpha value is -3.26. The molecule has 0 saturated heterocycles. The highest BCUT2D eigenvalue weighted by molar-refractivity contribution is 6.39. The van der Waals surface area contributed by atoms with Crippen LogP contribution in [-0.2, 0) is 9.47 Å². The lowest BCUT2D eigenvalue weighted by atomic mass is 10.1. The molecule has 0 saturated carbocycles. The number of carbonyl (C=O) groups excluding carboxylic acids is 1. The van der Waals surface area contributed by atoms with E-state index in [4.69, 9.17) is 43.5 Å². The Balaban J connectivity index is 0.000000321. The second-order valence-corrected chi connectivity index (χ2v) is 7.44. The standard InChI is InChI=1S/C17H17Cl2NO3.C7H7NO2/c1-3-22-10-23-17(21)12-6-4-5-7-14(12)20-16-13(18)9-8-11(2)15(16)19;8-6-4-2-1-3-5(6)7(9)10/h4-9,20H,3,10H2,1-2H3;1-4H,8H2,(H,9,10). The fourth-order valence-corrected chi connectivity index (χ4v) is 3.09. The Morgan fingerprint density at radius 2 is 1.64 bits per heavy atom. The van der Waals surface area contributed by atoms with E-state index < -0.39 is 11.9 Å². The van der Waals surface area contributed by atoms with Crippen molar-refractivity contribution < 1.29 is 24.2 Å². The van der Waals surface area contributed by atoms with Gasteiger partial charge in [0, 0.05) is 12.3 Å². The first kappa shape index (κ1) is 26.0. The van der Waals surface area contributed by atoms with Gasteiger partial charge in [-0.25, -0.2) is 9.59 Å². The molecule has 3 rings (SSSR count). The van der Waals surface area contributed by atoms with Gasteiger partial charge < -0.3 is 25.6 Å². The van der Waals surface area contributed by atoms with Gasteiger partial charge in [0.2, 0.25) is 0 Å². The molecule has 0 aromatic heterocycles. The predicted octanol–water partition coefficient (Wildman–Crippen LogP) is 6.16. The summed E-state index contributed by atoms with van der Waals surface area (Å²) in [5, 5.41) is 12.6. The normalized spacial score (nSPS) is 10.1. The van der Waals surface area contributed by atoms with Gasteiger partial charge in [0.1, 0.15) is 0 Å². The molecule has 7 nitrogen and oxygen atoms in total. The first-order valence-electron chi connectivity index (χ1n) is 9.89. The second kappa shape index (κ2) is 12.7. The highest BCUT2D eigenvalue weighted by atomic mass is 35.5. The Labute approximate surface area is 202 Å². The van der Waals surface area contributed by atoms with Crippen LogP contribution >= 0.6 is 23.2 Å². The van der Waals surface area contributed by atoms with E-state index >= 15 is 0 Å². The summed E-state index contributed by atoms with van der Waals surface area (Å²) in [6.07, 6.45) is 0. The molecule has 33 heavy (non-hydrogen) atoms. The number of aryl methyl sites for hydroxylation is 1. The van der Waals surface area contributed by atoms with E-state index in [1.54, 1.807) is 48.5 Å². The number of aromatic carboxylic acids is 1. The number of halogens is 2. The van der Waals surface area contributed by atoms with Gasteiger partial charge in [-0.15, -0.1) is 0 Å². The number of nitrogens with one attached hydrogen (secondary N) is 1. The van der Waals surface area contributed by atoms with Crippen molar-refractivity contribution in [2.24, 2.45) is 0 Å². The number of para-hydroxylation sites is 2. The molecule has 0 aliphatic carbocycles. The maximum Gasteiger partial charge on any atom is 0.342 e. The molecule has 3 aromatic carbocycles. The van der Waals surface area contributed by atoms with Crippen LogP contribution in [-0.4, -0.2) is 30.4 Å². The number of rotatable bonds is 7. The zero-order valence-corrected chi connectivity index (χ0v) is 19.6. The molecule has 0 aliphatic rings. The fourth-order valence-electron chi connectivity index (χ4n) is 2.62. The van der Waals surface area contributed by atoms with Crippen LogP contribution in [0, 0.1) is 6.92 Å². The molecule has 0 atom stereocenters. The third-order valence-corrected chi connectivity index (χ3v) is 5.16. The van der Waals surface area contributed by atoms with Crippen molar-refractivity contribution in [3.63, 3.8) is 0 Å². The Morgan fingerprint density at radius 1 is 1.00 bits per heavy atom. The minimum atomic E-state index is -0.988. The SMILES string of the molecule is CCOCOC(=O)c1ccccc1Nc1c(Cl)ccc(C)c1Cl.Nc1ccccc1C(=O)O. The highest BCUT2D eigenvalue weighted by Crippen LogP contribution is 2.36. The average molecular weight is 491 g/mol. The Bertz CT molecular complexity index is 1120. The summed E-state index contributed by atoms with van der Waals surface area (Å²) in [6, 6.07) is 16.9. The van der Waals surface area contributed by atoms with Gasteiger partial charge in [0.25, 0.3) is 0 Å². The number of nitrogen functional groups attached to an aromatic ring is 1. The number of esters is 1. The largest absolute Gasteiger partial charge is 0.478 e. The minimum Gasteiger partial charge on any atom is -0.478 e. The van der Waals surface area contributed by atoms with E-state index in [9.17, 15) is 9.59 Å². The summed E-state index contributed by atoms with van der Waals surface area (Å²) < 4.78 is 10.1. The lowest BCUT2D eigenvalue weighted by Crippen LogP contribution is -2.11. The minimum absolute atomic E-state index is 0.0877. The number of benzene rings is 3. The van der Waals surface area contributed by atoms with Crippen LogP contribution in [0.5, 0.6) is 0 Å². The van der Waals surface area contributed by atoms with Gasteiger partial charge in [0.15, 0.2) is 6.79 Å². The van der Waals surface area contributed by atoms with Gasteiger partial charge in [-0.3, -0.25) is 0 Å². The number of anilines is 3. The number of nitrogens with two attached hydrogens (primary N) is 1. The van der Waals surface area contributed by atoms with Crippen LogP contribution < -0.4 is 11.1 Å². The zero-order valence-electron chi connectivity index (χ0n) is 18.1. The summed E-state index contributed by atoms with van der Waals surface area (Å²) in [7, 11) is 0. The van der Waals surface area contributed by atoms with Crippen LogP contribution in [0.1, 0.15) is 33.2 Å². The Morgan fingerprint density at radius 3 is 2.24 bits per heavy atom. The predicted molar refractivity (Wildman–Crippen MR) is 131 cm³/mol. The third-order valence-electron chi connectivity index (χ3n) is 4.36. The van der Waals surface area contributed by atoms with E-state index in [1.807, 2.05) is 19.9 Å². The quantitative estimate of drug-likeness (QED) is 0.157. The molecule has 0 amide bonds. The number of hydrogen-bond donors (Lipinski definition) is 3. The van der Waals surface area contributed by atoms with Crippen molar-refractivity contribution in [3.05, 3.63) is 87.4 Å². The van der Waals surface area contributed by atoms with Crippen LogP contribution in [0.25, 0.3) is 0 Å². The van der Waals surface area contributed by atoms with Gasteiger partial charge in [-0.1, -0.05) is 53.5 Å². The molecule has 0 aliphatic heterocycles. The van der Waals surface area contributed by atoms with E-state index in [1.165, 1.54) is 6.07 Å². The molecular weight excluding hydrogens is 467 g/mol.